The van der Waals surface area contributed by atoms with Crippen LogP contribution < -0.4 is 10.1 Å². The number of thiazole rings is 1. The van der Waals surface area contributed by atoms with Gasteiger partial charge in [-0.25, -0.2) is 22.9 Å². The third-order valence-corrected chi connectivity index (χ3v) is 6.57. The Balaban J connectivity index is 1.95. The highest BCUT2D eigenvalue weighted by atomic mass is 32.1. The Morgan fingerprint density at radius 1 is 1.10 bits per heavy atom. The molecule has 208 valence electrons. The van der Waals surface area contributed by atoms with Gasteiger partial charge in [0.25, 0.3) is 5.91 Å². The number of aliphatic carboxylic acids is 1. The summed E-state index contributed by atoms with van der Waals surface area (Å²) in [6, 6.07) is 6.27. The third kappa shape index (κ3) is 6.40. The molecule has 0 bridgehead atoms. The zero-order chi connectivity index (χ0) is 29.1. The number of hydrogen-bond donors (Lipinski definition) is 2. The Morgan fingerprint density at radius 2 is 1.74 bits per heavy atom. The van der Waals surface area contributed by atoms with Crippen LogP contribution in [0.4, 0.5) is 18.3 Å². The third-order valence-electron chi connectivity index (χ3n) is 5.64. The number of nitrogens with zero attached hydrogens (tertiary/aromatic N) is 1. The summed E-state index contributed by atoms with van der Waals surface area (Å²) in [5, 5.41) is 11.6. The molecule has 0 aliphatic rings. The van der Waals surface area contributed by atoms with Crippen LogP contribution in [0.5, 0.6) is 5.06 Å². The van der Waals surface area contributed by atoms with E-state index in [9.17, 15) is 18.4 Å². The molecule has 8 nitrogen and oxygen atoms in total. The lowest BCUT2D eigenvalue weighted by atomic mass is 9.83. The average molecular weight is 565 g/mol. The number of carboxylic acid groups (broad SMARTS) is 1. The number of aromatic nitrogens is 1. The molecule has 2 aromatic carbocycles. The maximum atomic E-state index is 15.7. The number of amides is 1. The smallest absolute Gasteiger partial charge is 0.371 e. The highest BCUT2D eigenvalue weighted by molar-refractivity contribution is 7.18. The van der Waals surface area contributed by atoms with Crippen molar-refractivity contribution in [3.63, 3.8) is 0 Å². The average Bonchev–Trinajstić information content (AvgIpc) is 3.26. The minimum Gasteiger partial charge on any atom is -0.490 e. The van der Waals surface area contributed by atoms with Crippen molar-refractivity contribution in [2.45, 2.75) is 26.9 Å². The zero-order valence-corrected chi connectivity index (χ0v) is 22.8. The highest BCUT2D eigenvalue weighted by Gasteiger charge is 2.30. The fourth-order valence-electron chi connectivity index (χ4n) is 3.91. The molecule has 0 radical (unpaired) electrons. The van der Waals surface area contributed by atoms with Gasteiger partial charge in [-0.05, 0) is 23.6 Å². The maximum absolute atomic E-state index is 15.7. The lowest BCUT2D eigenvalue weighted by Crippen LogP contribution is -2.21. The quantitative estimate of drug-likeness (QED) is 0.232. The number of carboxylic acids is 1. The van der Waals surface area contributed by atoms with Crippen LogP contribution in [-0.4, -0.2) is 43.3 Å². The zero-order valence-electron chi connectivity index (χ0n) is 22.0. The lowest BCUT2D eigenvalue weighted by Gasteiger charge is -2.30. The van der Waals surface area contributed by atoms with Crippen molar-refractivity contribution < 1.29 is 42.1 Å². The van der Waals surface area contributed by atoms with E-state index in [-0.39, 0.29) is 21.5 Å². The Labute approximate surface area is 227 Å². The van der Waals surface area contributed by atoms with Crippen LogP contribution in [0.25, 0.3) is 17.3 Å². The number of anilines is 1. The molecule has 12 heteroatoms. The molecule has 1 amide bonds. The van der Waals surface area contributed by atoms with Gasteiger partial charge in [0.1, 0.15) is 23.1 Å². The molecule has 39 heavy (non-hydrogen) atoms. The van der Waals surface area contributed by atoms with Crippen LogP contribution in [-0.2, 0) is 14.3 Å². The van der Waals surface area contributed by atoms with Gasteiger partial charge in [0.15, 0.2) is 5.13 Å². The van der Waals surface area contributed by atoms with E-state index in [1.54, 1.807) is 12.1 Å². The summed E-state index contributed by atoms with van der Waals surface area (Å²) >= 11 is 0.896. The van der Waals surface area contributed by atoms with Crippen molar-refractivity contribution in [1.29, 1.82) is 0 Å². The van der Waals surface area contributed by atoms with Crippen molar-refractivity contribution in [3.05, 3.63) is 70.2 Å². The largest absolute Gasteiger partial charge is 0.490 e. The number of hydrogen-bond acceptors (Lipinski definition) is 7. The van der Waals surface area contributed by atoms with Gasteiger partial charge in [0.2, 0.25) is 10.8 Å². The fraction of sp³-hybridized carbons (Fsp3) is 0.296. The molecule has 0 saturated heterocycles. The van der Waals surface area contributed by atoms with Gasteiger partial charge in [-0.15, -0.1) is 0 Å². The maximum Gasteiger partial charge on any atom is 0.371 e. The van der Waals surface area contributed by atoms with Gasteiger partial charge in [0, 0.05) is 35.4 Å². The summed E-state index contributed by atoms with van der Waals surface area (Å²) < 4.78 is 60.3. The van der Waals surface area contributed by atoms with Gasteiger partial charge < -0.3 is 19.3 Å². The van der Waals surface area contributed by atoms with Crippen LogP contribution in [0.2, 0.25) is 0 Å². The summed E-state index contributed by atoms with van der Waals surface area (Å²) in [6.45, 7) is 5.75. The molecule has 1 unspecified atom stereocenters. The lowest BCUT2D eigenvalue weighted by molar-refractivity contribution is -0.135. The predicted octanol–water partition coefficient (Wildman–Crippen LogP) is 6.29. The van der Waals surface area contributed by atoms with E-state index in [2.05, 4.69) is 15.0 Å². The van der Waals surface area contributed by atoms with Crippen LogP contribution in [0.3, 0.4) is 0 Å². The molecule has 0 aliphatic heterocycles. The van der Waals surface area contributed by atoms with E-state index in [1.165, 1.54) is 20.3 Å². The van der Waals surface area contributed by atoms with Crippen molar-refractivity contribution in [2.24, 2.45) is 5.41 Å². The second-order valence-corrected chi connectivity index (χ2v) is 10.3. The van der Waals surface area contributed by atoms with E-state index in [1.807, 2.05) is 20.8 Å². The predicted molar refractivity (Wildman–Crippen MR) is 140 cm³/mol. The van der Waals surface area contributed by atoms with Crippen LogP contribution in [0.15, 0.2) is 36.1 Å². The van der Waals surface area contributed by atoms with E-state index in [0.29, 0.717) is 11.6 Å². The van der Waals surface area contributed by atoms with Crippen LogP contribution in [0.1, 0.15) is 48.4 Å². The van der Waals surface area contributed by atoms with E-state index in [0.717, 1.165) is 30.6 Å². The first-order valence-corrected chi connectivity index (χ1v) is 12.3. The first-order valence-electron chi connectivity index (χ1n) is 11.5. The van der Waals surface area contributed by atoms with Gasteiger partial charge in [-0.2, -0.15) is 0 Å². The first kappa shape index (κ1) is 29.7. The monoisotopic (exact) mass is 564 g/mol. The number of rotatable bonds is 9. The standard InChI is InChI=1S/C27H27F3N2O6S/c1-27(2,3)22(37-5)15-9-7-8-14(20(15)30)21-25(38-6)39-26(31-21)32-23(33)13-10-17(28)16(18(29)11-13)12-19(36-4)24(34)35/h7-12,22H,1-6H3,(H,34,35)(H,31,32,33)/b19-12-. The molecule has 3 aromatic rings. The first-order chi connectivity index (χ1) is 18.3. The molecule has 0 saturated carbocycles. The summed E-state index contributed by atoms with van der Waals surface area (Å²) in [6.07, 6.45) is 0.114. The fourth-order valence-corrected chi connectivity index (χ4v) is 4.70. The molecule has 0 spiro atoms. The number of benzene rings is 2. The molecular formula is C27H27F3N2O6S. The molecule has 1 aromatic heterocycles. The van der Waals surface area contributed by atoms with E-state index < -0.39 is 57.7 Å². The number of methoxy groups -OCH3 is 3. The van der Waals surface area contributed by atoms with Crippen molar-refractivity contribution in [3.8, 4) is 16.3 Å². The van der Waals surface area contributed by atoms with Gasteiger partial charge in [-0.3, -0.25) is 10.1 Å². The van der Waals surface area contributed by atoms with E-state index >= 15 is 4.39 Å². The minimum absolute atomic E-state index is 0.00639. The number of ether oxygens (including phenoxy) is 3. The number of nitrogens with one attached hydrogen (secondary N) is 1. The normalized spacial score (nSPS) is 12.7. The topological polar surface area (TPSA) is 107 Å². The molecular weight excluding hydrogens is 537 g/mol. The van der Waals surface area contributed by atoms with Crippen molar-refractivity contribution >= 4 is 34.4 Å². The molecule has 0 aliphatic carbocycles. The molecule has 1 atom stereocenters. The van der Waals surface area contributed by atoms with Gasteiger partial charge in [0.05, 0.1) is 20.3 Å². The van der Waals surface area contributed by atoms with Crippen LogP contribution >= 0.6 is 11.3 Å². The Kier molecular flexibility index (Phi) is 9.03. The Hall–Kier alpha value is -3.90. The molecule has 1 heterocycles. The minimum atomic E-state index is -1.52. The highest BCUT2D eigenvalue weighted by Crippen LogP contribution is 2.43. The summed E-state index contributed by atoms with van der Waals surface area (Å²) in [5.74, 6) is -6.05. The number of carbonyl (C=O) groups excluding carboxylic acids is 1. The van der Waals surface area contributed by atoms with Crippen LogP contribution in [0, 0.1) is 22.9 Å². The molecule has 0 fully saturated rings. The second-order valence-electron chi connectivity index (χ2n) is 9.38. The molecule has 2 N–H and O–H groups in total. The Bertz CT molecular complexity index is 1410. The van der Waals surface area contributed by atoms with Crippen molar-refractivity contribution in [1.82, 2.24) is 4.98 Å². The van der Waals surface area contributed by atoms with Gasteiger partial charge in [-0.1, -0.05) is 44.2 Å². The number of halogens is 3. The Morgan fingerprint density at radius 3 is 2.26 bits per heavy atom. The van der Waals surface area contributed by atoms with Gasteiger partial charge >= 0.3 is 5.97 Å². The number of carbonyl (C=O) groups is 2. The SMILES string of the molecule is CO/C(=C\c1c(F)cc(C(=O)Nc2nc(-c3cccc(C(OC)C(C)(C)C)c3F)c(OC)s2)cc1F)C(=O)O. The second kappa shape index (κ2) is 11.9. The van der Waals surface area contributed by atoms with E-state index in [4.69, 9.17) is 14.6 Å². The summed E-state index contributed by atoms with van der Waals surface area (Å²) in [7, 11) is 3.90. The summed E-state index contributed by atoms with van der Waals surface area (Å²) in [5.41, 5.74) is -0.929. The summed E-state index contributed by atoms with van der Waals surface area (Å²) in [4.78, 5) is 28.2. The van der Waals surface area contributed by atoms with Crippen molar-refractivity contribution in [2.75, 3.05) is 26.6 Å². The molecule has 3 rings (SSSR count).